The van der Waals surface area contributed by atoms with Crippen molar-refractivity contribution in [1.29, 1.82) is 0 Å². The summed E-state index contributed by atoms with van der Waals surface area (Å²) in [6.07, 6.45) is 6.66. The van der Waals surface area contributed by atoms with Crippen LogP contribution in [0.25, 0.3) is 5.69 Å². The molecule has 1 fully saturated rings. The van der Waals surface area contributed by atoms with Crippen molar-refractivity contribution in [3.05, 3.63) is 40.9 Å². The zero-order valence-corrected chi connectivity index (χ0v) is 13.1. The van der Waals surface area contributed by atoms with E-state index in [0.717, 1.165) is 31.1 Å². The summed E-state index contributed by atoms with van der Waals surface area (Å²) < 4.78 is 2.72. The number of rotatable bonds is 3. The van der Waals surface area contributed by atoms with Crippen molar-refractivity contribution in [2.75, 3.05) is 13.1 Å². The van der Waals surface area contributed by atoms with Gasteiger partial charge in [-0.15, -0.1) is 0 Å². The summed E-state index contributed by atoms with van der Waals surface area (Å²) in [5.74, 6) is 1.01. The van der Waals surface area contributed by atoms with Gasteiger partial charge in [-0.1, -0.05) is 37.5 Å². The second-order valence-electron chi connectivity index (χ2n) is 5.66. The molecule has 0 atom stereocenters. The highest BCUT2D eigenvalue weighted by molar-refractivity contribution is 7.71. The Morgan fingerprint density at radius 3 is 2.38 bits per heavy atom. The van der Waals surface area contributed by atoms with Gasteiger partial charge in [0.1, 0.15) is 5.82 Å². The molecule has 1 aromatic carbocycles. The Morgan fingerprint density at radius 2 is 1.67 bits per heavy atom. The van der Waals surface area contributed by atoms with Crippen LogP contribution in [0.5, 0.6) is 0 Å². The second kappa shape index (κ2) is 7.00. The van der Waals surface area contributed by atoms with Crippen molar-refractivity contribution in [1.82, 2.24) is 19.7 Å². The highest BCUT2D eigenvalue weighted by Crippen LogP contribution is 2.15. The van der Waals surface area contributed by atoms with Gasteiger partial charge < -0.3 is 0 Å². The third-order valence-corrected chi connectivity index (χ3v) is 4.34. The summed E-state index contributed by atoms with van der Waals surface area (Å²) in [5.41, 5.74) is 1.08. The molecule has 112 valence electrons. The van der Waals surface area contributed by atoms with Crippen molar-refractivity contribution in [3.8, 4) is 5.69 Å². The standard InChI is InChI=1S/C16H22N4S/c21-16-18-17-15(20(16)14-9-5-4-6-10-14)13-19-11-7-2-1-3-8-12-19/h4-6,9-10H,1-3,7-8,11-13H2,(H,18,21). The van der Waals surface area contributed by atoms with Crippen LogP contribution in [0.3, 0.4) is 0 Å². The van der Waals surface area contributed by atoms with Crippen LogP contribution in [0.2, 0.25) is 0 Å². The molecule has 1 N–H and O–H groups in total. The largest absolute Gasteiger partial charge is 0.296 e. The fourth-order valence-electron chi connectivity index (χ4n) is 2.95. The fraction of sp³-hybridized carbons (Fsp3) is 0.500. The summed E-state index contributed by atoms with van der Waals surface area (Å²) >= 11 is 5.40. The van der Waals surface area contributed by atoms with Crippen LogP contribution >= 0.6 is 12.2 Å². The van der Waals surface area contributed by atoms with E-state index in [1.807, 2.05) is 22.8 Å². The molecule has 2 aromatic rings. The average molecular weight is 302 g/mol. The van der Waals surface area contributed by atoms with Gasteiger partial charge in [0.2, 0.25) is 0 Å². The number of nitrogens with one attached hydrogen (secondary N) is 1. The quantitative estimate of drug-likeness (QED) is 0.878. The Labute approximate surface area is 130 Å². The molecule has 0 amide bonds. The first-order valence-corrected chi connectivity index (χ1v) is 8.19. The Hall–Kier alpha value is -1.46. The minimum absolute atomic E-state index is 0.670. The van der Waals surface area contributed by atoms with Crippen LogP contribution in [0.15, 0.2) is 30.3 Å². The molecule has 3 rings (SSSR count). The smallest absolute Gasteiger partial charge is 0.199 e. The first-order chi connectivity index (χ1) is 10.3. The van der Waals surface area contributed by atoms with Crippen molar-refractivity contribution < 1.29 is 0 Å². The van der Waals surface area contributed by atoms with E-state index in [1.165, 1.54) is 32.1 Å². The highest BCUT2D eigenvalue weighted by atomic mass is 32.1. The van der Waals surface area contributed by atoms with E-state index in [2.05, 4.69) is 27.2 Å². The summed E-state index contributed by atoms with van der Waals surface area (Å²) in [6.45, 7) is 3.19. The second-order valence-corrected chi connectivity index (χ2v) is 6.05. The number of aromatic amines is 1. The number of benzene rings is 1. The number of hydrogen-bond donors (Lipinski definition) is 1. The Kier molecular flexibility index (Phi) is 4.83. The molecule has 0 unspecified atom stereocenters. The number of likely N-dealkylation sites (tertiary alicyclic amines) is 1. The number of H-pyrrole nitrogens is 1. The van der Waals surface area contributed by atoms with Gasteiger partial charge in [-0.25, -0.2) is 0 Å². The number of hydrogen-bond acceptors (Lipinski definition) is 3. The number of para-hydroxylation sites is 1. The Bertz CT molecular complexity index is 609. The van der Waals surface area contributed by atoms with Crippen molar-refractivity contribution in [3.63, 3.8) is 0 Å². The SMILES string of the molecule is S=c1[nH]nc(CN2CCCCCCC2)n1-c1ccccc1. The third kappa shape index (κ3) is 3.60. The van der Waals surface area contributed by atoms with Gasteiger partial charge in [-0.2, -0.15) is 5.10 Å². The van der Waals surface area contributed by atoms with Crippen LogP contribution in [0, 0.1) is 4.77 Å². The van der Waals surface area contributed by atoms with Crippen molar-refractivity contribution in [2.24, 2.45) is 0 Å². The van der Waals surface area contributed by atoms with Gasteiger partial charge in [0.15, 0.2) is 4.77 Å². The molecule has 2 heterocycles. The van der Waals surface area contributed by atoms with Gasteiger partial charge in [-0.3, -0.25) is 14.6 Å². The van der Waals surface area contributed by atoms with Crippen LogP contribution in [0.4, 0.5) is 0 Å². The monoisotopic (exact) mass is 302 g/mol. The van der Waals surface area contributed by atoms with Crippen molar-refractivity contribution in [2.45, 2.75) is 38.6 Å². The molecule has 21 heavy (non-hydrogen) atoms. The predicted molar refractivity (Wildman–Crippen MR) is 87.1 cm³/mol. The molecule has 0 aliphatic carbocycles. The maximum atomic E-state index is 5.40. The van der Waals surface area contributed by atoms with E-state index in [-0.39, 0.29) is 0 Å². The first kappa shape index (κ1) is 14.5. The zero-order chi connectivity index (χ0) is 14.5. The number of aromatic nitrogens is 3. The highest BCUT2D eigenvalue weighted by Gasteiger charge is 2.14. The van der Waals surface area contributed by atoms with Gasteiger partial charge in [0.05, 0.1) is 6.54 Å². The van der Waals surface area contributed by atoms with Gasteiger partial charge in [0.25, 0.3) is 0 Å². The molecule has 1 aliphatic rings. The summed E-state index contributed by atoms with van der Waals surface area (Å²) in [6, 6.07) is 10.2. The molecule has 1 aliphatic heterocycles. The maximum absolute atomic E-state index is 5.40. The Morgan fingerprint density at radius 1 is 1.00 bits per heavy atom. The van der Waals surface area contributed by atoms with Gasteiger partial charge >= 0.3 is 0 Å². The van der Waals surface area contributed by atoms with E-state index >= 15 is 0 Å². The normalized spacial score (nSPS) is 17.3. The predicted octanol–water partition coefficient (Wildman–Crippen LogP) is 3.70. The van der Waals surface area contributed by atoms with E-state index in [9.17, 15) is 0 Å². The average Bonchev–Trinajstić information content (AvgIpc) is 2.83. The molecule has 0 bridgehead atoms. The van der Waals surface area contributed by atoms with E-state index in [1.54, 1.807) is 0 Å². The Balaban J connectivity index is 1.81. The third-order valence-electron chi connectivity index (χ3n) is 4.07. The summed E-state index contributed by atoms with van der Waals surface area (Å²) in [5, 5.41) is 7.39. The first-order valence-electron chi connectivity index (χ1n) is 7.79. The zero-order valence-electron chi connectivity index (χ0n) is 12.3. The molecule has 5 heteroatoms. The van der Waals surface area contributed by atoms with Crippen molar-refractivity contribution >= 4 is 12.2 Å². The lowest BCUT2D eigenvalue weighted by Gasteiger charge is -2.24. The lowest BCUT2D eigenvalue weighted by Crippen LogP contribution is -2.28. The minimum Gasteiger partial charge on any atom is -0.296 e. The van der Waals surface area contributed by atoms with Gasteiger partial charge in [-0.05, 0) is 50.3 Å². The molecule has 0 radical (unpaired) electrons. The lowest BCUT2D eigenvalue weighted by atomic mass is 10.1. The molecular weight excluding hydrogens is 280 g/mol. The van der Waals surface area contributed by atoms with Crippen LogP contribution in [-0.4, -0.2) is 32.8 Å². The number of nitrogens with zero attached hydrogens (tertiary/aromatic N) is 3. The minimum atomic E-state index is 0.670. The van der Waals surface area contributed by atoms with E-state index in [4.69, 9.17) is 12.2 Å². The van der Waals surface area contributed by atoms with Crippen LogP contribution < -0.4 is 0 Å². The summed E-state index contributed by atoms with van der Waals surface area (Å²) in [7, 11) is 0. The maximum Gasteiger partial charge on any atom is 0.199 e. The molecule has 1 saturated heterocycles. The summed E-state index contributed by atoms with van der Waals surface area (Å²) in [4.78, 5) is 2.50. The van der Waals surface area contributed by atoms with E-state index < -0.39 is 0 Å². The van der Waals surface area contributed by atoms with E-state index in [0.29, 0.717) is 4.77 Å². The molecular formula is C16H22N4S. The molecule has 0 spiro atoms. The van der Waals surface area contributed by atoms with Gasteiger partial charge in [0, 0.05) is 5.69 Å². The lowest BCUT2D eigenvalue weighted by molar-refractivity contribution is 0.233. The molecule has 4 nitrogen and oxygen atoms in total. The topological polar surface area (TPSA) is 36.9 Å². The molecule has 0 saturated carbocycles. The van der Waals surface area contributed by atoms with Crippen LogP contribution in [0.1, 0.15) is 37.9 Å². The molecule has 1 aromatic heterocycles. The fourth-order valence-corrected chi connectivity index (χ4v) is 3.21. The van der Waals surface area contributed by atoms with Crippen LogP contribution in [-0.2, 0) is 6.54 Å².